The molecule has 10 aromatic rings. The van der Waals surface area contributed by atoms with Gasteiger partial charge in [0.05, 0.1) is 33.1 Å². The molecule has 0 saturated heterocycles. The van der Waals surface area contributed by atoms with Gasteiger partial charge in [-0.1, -0.05) is 121 Å². The zero-order valence-corrected chi connectivity index (χ0v) is 36.5. The van der Waals surface area contributed by atoms with Crippen molar-refractivity contribution >= 4 is 76.2 Å². The van der Waals surface area contributed by atoms with Gasteiger partial charge in [-0.3, -0.25) is 0 Å². The van der Waals surface area contributed by atoms with Crippen molar-refractivity contribution in [3.8, 4) is 11.1 Å². The molecular formula is C55H56N2. The van der Waals surface area contributed by atoms with Gasteiger partial charge in [-0.2, -0.15) is 0 Å². The minimum atomic E-state index is -0.242. The number of aromatic nitrogens is 2. The van der Waals surface area contributed by atoms with Gasteiger partial charge in [-0.15, -0.1) is 0 Å². The molecule has 286 valence electrons. The number of rotatable bonds is 0. The molecule has 0 fully saturated rings. The van der Waals surface area contributed by atoms with E-state index in [1.807, 2.05) is 0 Å². The van der Waals surface area contributed by atoms with Crippen LogP contribution < -0.4 is 0 Å². The van der Waals surface area contributed by atoms with Crippen molar-refractivity contribution in [2.75, 3.05) is 0 Å². The molecule has 0 amide bonds. The monoisotopic (exact) mass is 744 g/mol. The fourth-order valence-corrected chi connectivity index (χ4v) is 10.9. The Morgan fingerprint density at radius 3 is 1.02 bits per heavy atom. The summed E-state index contributed by atoms with van der Waals surface area (Å²) < 4.78 is 5.19. The van der Waals surface area contributed by atoms with Gasteiger partial charge in [0, 0.05) is 48.5 Å². The molecule has 0 N–H and O–H groups in total. The third-order valence-corrected chi connectivity index (χ3v) is 14.1. The highest BCUT2D eigenvalue weighted by atomic mass is 14.9. The predicted octanol–water partition coefficient (Wildman–Crippen LogP) is 15.5. The van der Waals surface area contributed by atoms with Crippen LogP contribution in [0.5, 0.6) is 0 Å². The Balaban J connectivity index is 1.27. The topological polar surface area (TPSA) is 8.82 Å². The van der Waals surface area contributed by atoms with Gasteiger partial charge in [-0.05, 0) is 127 Å². The summed E-state index contributed by atoms with van der Waals surface area (Å²) in [5.74, 6) is 0. The predicted molar refractivity (Wildman–Crippen MR) is 248 cm³/mol. The second-order valence-corrected chi connectivity index (χ2v) is 22.4. The summed E-state index contributed by atoms with van der Waals surface area (Å²) in [6.45, 7) is 33.2. The Bertz CT molecular complexity index is 3160. The average Bonchev–Trinajstić information content (AvgIpc) is 3.88. The Hall–Kier alpha value is -5.08. The lowest BCUT2D eigenvalue weighted by atomic mass is 9.78. The van der Waals surface area contributed by atoms with E-state index in [1.54, 1.807) is 0 Å². The maximum Gasteiger partial charge on any atom is 0.0620 e. The highest BCUT2D eigenvalue weighted by Crippen LogP contribution is 2.58. The Morgan fingerprint density at radius 2 is 0.667 bits per heavy atom. The average molecular weight is 745 g/mol. The van der Waals surface area contributed by atoms with Gasteiger partial charge in [0.1, 0.15) is 0 Å². The van der Waals surface area contributed by atoms with E-state index in [0.717, 1.165) is 0 Å². The van der Waals surface area contributed by atoms with E-state index in [9.17, 15) is 0 Å². The van der Waals surface area contributed by atoms with Crippen LogP contribution >= 0.6 is 0 Å². The molecule has 0 atom stereocenters. The molecule has 11 rings (SSSR count). The van der Waals surface area contributed by atoms with E-state index in [4.69, 9.17) is 0 Å². The van der Waals surface area contributed by atoms with E-state index in [2.05, 4.69) is 191 Å². The van der Waals surface area contributed by atoms with Crippen molar-refractivity contribution in [3.05, 3.63) is 118 Å². The first-order chi connectivity index (χ1) is 26.6. The first kappa shape index (κ1) is 35.1. The molecule has 0 saturated carbocycles. The Labute approximate surface area is 337 Å². The van der Waals surface area contributed by atoms with Gasteiger partial charge in [0.2, 0.25) is 0 Å². The van der Waals surface area contributed by atoms with Crippen LogP contribution in [-0.2, 0) is 27.1 Å². The van der Waals surface area contributed by atoms with Gasteiger partial charge >= 0.3 is 0 Å². The number of hydrogen-bond acceptors (Lipinski definition) is 0. The SMILES string of the molecule is CC(C)(C)c1ccc2c(c1)c1cc(C(C)(C)C)cc3c4c5c(ccc4n2c13)-c1ccc2c(c1C5(C)C)c1cc(C(C)(C)C)cc3c4cc(C(C)(C)C)ccc4n2c31. The largest absolute Gasteiger partial charge is 0.308 e. The number of fused-ring (bicyclic) bond motifs is 17. The summed E-state index contributed by atoms with van der Waals surface area (Å²) in [6, 6.07) is 34.3. The summed E-state index contributed by atoms with van der Waals surface area (Å²) in [5.41, 5.74) is 19.2. The van der Waals surface area contributed by atoms with Crippen LogP contribution in [0.1, 0.15) is 130 Å². The molecule has 2 heteroatoms. The van der Waals surface area contributed by atoms with Crippen molar-refractivity contribution in [3.63, 3.8) is 0 Å². The number of nitrogens with zero attached hydrogens (tertiary/aromatic N) is 2. The Morgan fingerprint density at radius 1 is 0.351 bits per heavy atom. The molecule has 0 aliphatic heterocycles. The maximum atomic E-state index is 2.60. The summed E-state index contributed by atoms with van der Waals surface area (Å²) in [5, 5.41) is 11.1. The van der Waals surface area contributed by atoms with Crippen molar-refractivity contribution in [2.45, 2.75) is 124 Å². The quantitative estimate of drug-likeness (QED) is 0.146. The third-order valence-electron chi connectivity index (χ3n) is 14.1. The number of benzene rings is 6. The summed E-state index contributed by atoms with van der Waals surface area (Å²) in [7, 11) is 0. The molecule has 6 aromatic carbocycles. The maximum absolute atomic E-state index is 2.60. The van der Waals surface area contributed by atoms with Crippen LogP contribution in [0.2, 0.25) is 0 Å². The van der Waals surface area contributed by atoms with Crippen LogP contribution in [0.3, 0.4) is 0 Å². The fraction of sp³-hybridized carbons (Fsp3) is 0.345. The van der Waals surface area contributed by atoms with Crippen LogP contribution in [-0.4, -0.2) is 8.80 Å². The Kier molecular flexibility index (Phi) is 6.35. The lowest BCUT2D eigenvalue weighted by Crippen LogP contribution is -2.16. The lowest BCUT2D eigenvalue weighted by molar-refractivity contribution is 0.590. The van der Waals surface area contributed by atoms with Crippen LogP contribution in [0.25, 0.3) is 87.3 Å². The van der Waals surface area contributed by atoms with Crippen LogP contribution in [0.15, 0.2) is 84.9 Å². The third kappa shape index (κ3) is 4.37. The number of hydrogen-bond donors (Lipinski definition) is 0. The van der Waals surface area contributed by atoms with Crippen LogP contribution in [0, 0.1) is 0 Å². The molecule has 0 radical (unpaired) electrons. The van der Waals surface area contributed by atoms with Gasteiger partial charge < -0.3 is 8.80 Å². The van der Waals surface area contributed by atoms with Gasteiger partial charge in [0.15, 0.2) is 0 Å². The summed E-state index contributed by atoms with van der Waals surface area (Å²) in [6.07, 6.45) is 0. The second kappa shape index (κ2) is 10.3. The van der Waals surface area contributed by atoms with Crippen molar-refractivity contribution in [1.29, 1.82) is 0 Å². The molecule has 2 nitrogen and oxygen atoms in total. The highest BCUT2D eigenvalue weighted by molar-refractivity contribution is 6.28. The zero-order chi connectivity index (χ0) is 40.3. The van der Waals surface area contributed by atoms with Crippen molar-refractivity contribution in [2.24, 2.45) is 0 Å². The first-order valence-corrected chi connectivity index (χ1v) is 21.2. The molecular weight excluding hydrogens is 689 g/mol. The molecule has 4 heterocycles. The minimum Gasteiger partial charge on any atom is -0.308 e. The molecule has 1 aliphatic rings. The second-order valence-electron chi connectivity index (χ2n) is 22.4. The summed E-state index contributed by atoms with van der Waals surface area (Å²) in [4.78, 5) is 0. The van der Waals surface area contributed by atoms with E-state index in [-0.39, 0.29) is 27.1 Å². The van der Waals surface area contributed by atoms with E-state index in [0.29, 0.717) is 0 Å². The smallest absolute Gasteiger partial charge is 0.0620 e. The minimum absolute atomic E-state index is 0.00803. The molecule has 0 bridgehead atoms. The zero-order valence-electron chi connectivity index (χ0n) is 36.5. The van der Waals surface area contributed by atoms with E-state index < -0.39 is 0 Å². The summed E-state index contributed by atoms with van der Waals surface area (Å²) >= 11 is 0. The molecule has 1 aliphatic carbocycles. The lowest BCUT2D eigenvalue weighted by Gasteiger charge is -2.25. The first-order valence-electron chi connectivity index (χ1n) is 21.2. The van der Waals surface area contributed by atoms with Crippen LogP contribution in [0.4, 0.5) is 0 Å². The standard InChI is InChI=1S/C55H56N2/c1-51(2,3)29-15-19-41-35(23-29)37-25-31(53(7,8)9)27-39-45-43(56(41)49(37)39)21-17-33-34-18-22-44-46(48(34)55(13,14)47(33)45)40-28-32(54(10,11)12)26-38-36-24-30(52(4,5)6)16-20-42(36)57(44)50(38)40/h15-28H,1-14H3. The van der Waals surface area contributed by atoms with E-state index in [1.165, 1.54) is 121 Å². The molecule has 0 spiro atoms. The van der Waals surface area contributed by atoms with Gasteiger partial charge in [0.25, 0.3) is 0 Å². The van der Waals surface area contributed by atoms with Crippen molar-refractivity contribution in [1.82, 2.24) is 8.80 Å². The normalized spacial score (nSPS) is 15.3. The van der Waals surface area contributed by atoms with Crippen molar-refractivity contribution < 1.29 is 0 Å². The molecule has 4 aromatic heterocycles. The molecule has 0 unspecified atom stereocenters. The molecule has 57 heavy (non-hydrogen) atoms. The van der Waals surface area contributed by atoms with Gasteiger partial charge in [-0.25, -0.2) is 0 Å². The fourth-order valence-electron chi connectivity index (χ4n) is 10.9. The highest BCUT2D eigenvalue weighted by Gasteiger charge is 2.41. The van der Waals surface area contributed by atoms with E-state index >= 15 is 0 Å².